The Kier molecular flexibility index (Phi) is 8.47. The van der Waals surface area contributed by atoms with Gasteiger partial charge >= 0.3 is 6.18 Å². The van der Waals surface area contributed by atoms with E-state index in [4.69, 9.17) is 0 Å². The van der Waals surface area contributed by atoms with Crippen molar-refractivity contribution in [1.82, 2.24) is 14.8 Å². The number of aliphatic hydroxyl groups is 1. The maximum absolute atomic E-state index is 15.8. The minimum absolute atomic E-state index is 0.0398. The van der Waals surface area contributed by atoms with Crippen LogP contribution in [0.3, 0.4) is 0 Å². The summed E-state index contributed by atoms with van der Waals surface area (Å²) in [5, 5.41) is 12.6. The molecule has 0 saturated carbocycles. The third-order valence-electron chi connectivity index (χ3n) is 8.19. The molecule has 3 heterocycles. The van der Waals surface area contributed by atoms with E-state index in [1.165, 1.54) is 11.0 Å². The molecule has 3 N–H and O–H groups in total. The number of aromatic nitrogens is 1. The Balaban J connectivity index is 1.55. The summed E-state index contributed by atoms with van der Waals surface area (Å²) in [4.78, 5) is 6.17. The molecular weight excluding hydrogens is 572 g/mol. The number of hydrogen-bond acceptors (Lipinski definition) is 4. The summed E-state index contributed by atoms with van der Waals surface area (Å²) in [5.41, 5.74) is -0.530. The standard InChI is InChI=1S/C29H32F8N4O/c1-16-9-21-20-10-17(29(35,36)37)3-4-24(20)39-26(21)27(41(16)14-28(33,34)15-42)25-22(31)11-19(12-23(25)32)38-18-5-8-40(13-18)7-2-6-30/h3-4,10-12,16,18,27,38-39,42H,2,5-9,13-15H2,1H3/t16-,18+,27-/m1/s1. The third kappa shape index (κ3) is 6.09. The number of fused-ring (bicyclic) bond motifs is 3. The molecular formula is C29H32F8N4O. The number of H-pyrrole nitrogens is 1. The summed E-state index contributed by atoms with van der Waals surface area (Å²) < 4.78 is 114. The van der Waals surface area contributed by atoms with E-state index in [9.17, 15) is 31.4 Å². The maximum Gasteiger partial charge on any atom is 0.416 e. The lowest BCUT2D eigenvalue weighted by molar-refractivity contribution is -0.137. The lowest BCUT2D eigenvalue weighted by atomic mass is 9.87. The Morgan fingerprint density at radius 3 is 2.43 bits per heavy atom. The van der Waals surface area contributed by atoms with Gasteiger partial charge in [-0.3, -0.25) is 9.29 Å². The zero-order valence-corrected chi connectivity index (χ0v) is 22.8. The number of likely N-dealkylation sites (tertiary alicyclic amines) is 1. The number of rotatable bonds is 9. The van der Waals surface area contributed by atoms with E-state index in [1.54, 1.807) is 6.92 Å². The highest BCUT2D eigenvalue weighted by atomic mass is 19.4. The first kappa shape index (κ1) is 30.6. The number of hydrogen-bond donors (Lipinski definition) is 3. The monoisotopic (exact) mass is 604 g/mol. The predicted octanol–water partition coefficient (Wildman–Crippen LogP) is 6.27. The number of aromatic amines is 1. The Morgan fingerprint density at radius 1 is 1.07 bits per heavy atom. The quantitative estimate of drug-likeness (QED) is 0.252. The van der Waals surface area contributed by atoms with Gasteiger partial charge in [0.15, 0.2) is 0 Å². The summed E-state index contributed by atoms with van der Waals surface area (Å²) in [5.74, 6) is -5.63. The Morgan fingerprint density at radius 2 is 1.79 bits per heavy atom. The molecule has 230 valence electrons. The van der Waals surface area contributed by atoms with Crippen LogP contribution in [0.5, 0.6) is 0 Å². The van der Waals surface area contributed by atoms with Crippen molar-refractivity contribution >= 4 is 16.6 Å². The highest BCUT2D eigenvalue weighted by Gasteiger charge is 2.44. The maximum atomic E-state index is 15.8. The van der Waals surface area contributed by atoms with Crippen LogP contribution in [0.2, 0.25) is 0 Å². The number of aliphatic hydroxyl groups excluding tert-OH is 1. The van der Waals surface area contributed by atoms with Crippen LogP contribution in [0.1, 0.15) is 48.2 Å². The summed E-state index contributed by atoms with van der Waals surface area (Å²) in [6, 6.07) is 2.87. The van der Waals surface area contributed by atoms with Gasteiger partial charge < -0.3 is 20.3 Å². The second-order valence-corrected chi connectivity index (χ2v) is 11.2. The van der Waals surface area contributed by atoms with E-state index in [2.05, 4.69) is 10.3 Å². The third-order valence-corrected chi connectivity index (χ3v) is 8.19. The number of alkyl halides is 6. The lowest BCUT2D eigenvalue weighted by Crippen LogP contribution is -2.49. The summed E-state index contributed by atoms with van der Waals surface area (Å²) in [7, 11) is 0. The van der Waals surface area contributed by atoms with Gasteiger partial charge in [-0.25, -0.2) is 17.6 Å². The first-order chi connectivity index (χ1) is 19.8. The number of nitrogens with zero attached hydrogens (tertiary/aromatic N) is 2. The minimum Gasteiger partial charge on any atom is -0.390 e. The van der Waals surface area contributed by atoms with Crippen LogP contribution in [0.15, 0.2) is 30.3 Å². The van der Waals surface area contributed by atoms with Crippen molar-refractivity contribution < 1.29 is 40.2 Å². The molecule has 42 heavy (non-hydrogen) atoms. The van der Waals surface area contributed by atoms with Crippen molar-refractivity contribution in [2.45, 2.75) is 56.4 Å². The zero-order chi connectivity index (χ0) is 30.4. The van der Waals surface area contributed by atoms with Crippen molar-refractivity contribution in [3.8, 4) is 0 Å². The second-order valence-electron chi connectivity index (χ2n) is 11.2. The van der Waals surface area contributed by atoms with Gasteiger partial charge in [0.2, 0.25) is 0 Å². The molecule has 2 aliphatic rings. The van der Waals surface area contributed by atoms with Crippen LogP contribution in [-0.4, -0.2) is 77.4 Å². The van der Waals surface area contributed by atoms with Crippen molar-refractivity contribution in [1.29, 1.82) is 0 Å². The largest absolute Gasteiger partial charge is 0.416 e. The molecule has 0 unspecified atom stereocenters. The fourth-order valence-electron chi connectivity index (χ4n) is 6.21. The summed E-state index contributed by atoms with van der Waals surface area (Å²) in [6.45, 7) is 0.428. The molecule has 0 amide bonds. The SMILES string of the molecule is C[C@@H]1Cc2c([nH]c3ccc(C(F)(F)F)cc23)[C@@H](c2c(F)cc(N[C@H]3CCN(CCCF)C3)cc2F)N1CC(F)(F)CO. The van der Waals surface area contributed by atoms with Crippen molar-refractivity contribution in [3.63, 3.8) is 0 Å². The number of benzene rings is 2. The molecule has 5 nitrogen and oxygen atoms in total. The number of nitrogens with one attached hydrogen (secondary N) is 2. The first-order valence-electron chi connectivity index (χ1n) is 13.8. The average Bonchev–Trinajstić information content (AvgIpc) is 3.51. The first-order valence-corrected chi connectivity index (χ1v) is 13.8. The molecule has 13 heteroatoms. The summed E-state index contributed by atoms with van der Waals surface area (Å²) >= 11 is 0. The van der Waals surface area contributed by atoms with Crippen LogP contribution in [0, 0.1) is 11.6 Å². The van der Waals surface area contributed by atoms with Gasteiger partial charge in [-0.1, -0.05) is 0 Å². The van der Waals surface area contributed by atoms with Gasteiger partial charge in [-0.05, 0) is 62.1 Å². The Labute approximate surface area is 237 Å². The molecule has 0 radical (unpaired) electrons. The van der Waals surface area contributed by atoms with Gasteiger partial charge in [0, 0.05) is 59.6 Å². The summed E-state index contributed by atoms with van der Waals surface area (Å²) in [6.07, 6.45) is -3.51. The fourth-order valence-corrected chi connectivity index (χ4v) is 6.21. The van der Waals surface area contributed by atoms with Gasteiger partial charge in [-0.15, -0.1) is 0 Å². The van der Waals surface area contributed by atoms with E-state index in [0.717, 1.165) is 24.3 Å². The van der Waals surface area contributed by atoms with Crippen LogP contribution in [-0.2, 0) is 12.6 Å². The molecule has 1 saturated heterocycles. The van der Waals surface area contributed by atoms with E-state index in [1.807, 2.05) is 4.90 Å². The van der Waals surface area contributed by atoms with Gasteiger partial charge in [0.05, 0.1) is 24.8 Å². The highest BCUT2D eigenvalue weighted by molar-refractivity contribution is 5.86. The van der Waals surface area contributed by atoms with E-state index < -0.39 is 66.8 Å². The molecule has 5 rings (SSSR count). The normalized spacial score (nSPS) is 22.2. The number of halogens is 8. The molecule has 3 atom stereocenters. The zero-order valence-electron chi connectivity index (χ0n) is 22.8. The van der Waals surface area contributed by atoms with Crippen molar-refractivity contribution in [2.75, 3.05) is 44.8 Å². The molecule has 0 aliphatic carbocycles. The highest BCUT2D eigenvalue weighted by Crippen LogP contribution is 2.45. The van der Waals surface area contributed by atoms with Crippen LogP contribution in [0.4, 0.5) is 40.8 Å². The smallest absolute Gasteiger partial charge is 0.390 e. The van der Waals surface area contributed by atoms with Gasteiger partial charge in [-0.2, -0.15) is 13.2 Å². The molecule has 1 aromatic heterocycles. The molecule has 0 bridgehead atoms. The average molecular weight is 605 g/mol. The number of anilines is 1. The Bertz CT molecular complexity index is 1400. The topological polar surface area (TPSA) is 54.5 Å². The van der Waals surface area contributed by atoms with Crippen molar-refractivity contribution in [3.05, 3.63) is 64.4 Å². The minimum atomic E-state index is -4.63. The Hall–Kier alpha value is -2.90. The van der Waals surface area contributed by atoms with Crippen LogP contribution in [0.25, 0.3) is 10.9 Å². The van der Waals surface area contributed by atoms with Crippen LogP contribution >= 0.6 is 0 Å². The molecule has 2 aromatic carbocycles. The molecule has 2 aliphatic heterocycles. The van der Waals surface area contributed by atoms with Gasteiger partial charge in [0.25, 0.3) is 5.92 Å². The van der Waals surface area contributed by atoms with Crippen LogP contribution < -0.4 is 5.32 Å². The van der Waals surface area contributed by atoms with Crippen molar-refractivity contribution in [2.24, 2.45) is 0 Å². The fraction of sp³-hybridized carbons (Fsp3) is 0.517. The van der Waals surface area contributed by atoms with E-state index in [-0.39, 0.29) is 34.7 Å². The van der Waals surface area contributed by atoms with E-state index in [0.29, 0.717) is 38.0 Å². The van der Waals surface area contributed by atoms with E-state index >= 15 is 8.78 Å². The lowest BCUT2D eigenvalue weighted by Gasteiger charge is -2.42. The molecule has 3 aromatic rings. The molecule has 1 fully saturated rings. The molecule has 0 spiro atoms. The second kappa shape index (κ2) is 11.6. The van der Waals surface area contributed by atoms with Gasteiger partial charge in [0.1, 0.15) is 18.2 Å². The predicted molar refractivity (Wildman–Crippen MR) is 142 cm³/mol.